The molecule has 0 amide bonds. The van der Waals surface area contributed by atoms with Crippen molar-refractivity contribution in [1.82, 2.24) is 14.9 Å². The maximum Gasteiger partial charge on any atom is 0.126 e. The van der Waals surface area contributed by atoms with E-state index in [4.69, 9.17) is 4.98 Å². The van der Waals surface area contributed by atoms with Gasteiger partial charge in [-0.1, -0.05) is 31.4 Å². The highest BCUT2D eigenvalue weighted by atomic mass is 16.3. The summed E-state index contributed by atoms with van der Waals surface area (Å²) < 4.78 is 2.19. The number of fused-ring (bicyclic) bond motifs is 1. The van der Waals surface area contributed by atoms with Crippen molar-refractivity contribution in [1.29, 1.82) is 0 Å². The van der Waals surface area contributed by atoms with Gasteiger partial charge in [0.2, 0.25) is 0 Å². The van der Waals surface area contributed by atoms with E-state index in [1.807, 2.05) is 6.07 Å². The molecule has 4 heteroatoms. The van der Waals surface area contributed by atoms with Gasteiger partial charge in [-0.25, -0.2) is 4.98 Å². The normalized spacial score (nSPS) is 19.1. The van der Waals surface area contributed by atoms with Gasteiger partial charge in [-0.15, -0.1) is 0 Å². The third-order valence-corrected chi connectivity index (χ3v) is 5.55. The van der Waals surface area contributed by atoms with E-state index < -0.39 is 0 Å². The summed E-state index contributed by atoms with van der Waals surface area (Å²) in [6, 6.07) is 8.50. The van der Waals surface area contributed by atoms with E-state index in [0.717, 1.165) is 24.3 Å². The van der Waals surface area contributed by atoms with Crippen molar-refractivity contribution in [2.45, 2.75) is 51.5 Å². The zero-order chi connectivity index (χ0) is 16.3. The number of nitrogens with one attached hydrogen (secondary N) is 1. The van der Waals surface area contributed by atoms with Gasteiger partial charge in [0.1, 0.15) is 5.82 Å². The molecule has 0 saturated heterocycles. The maximum atomic E-state index is 9.46. The highest BCUT2D eigenvalue weighted by molar-refractivity contribution is 5.75. The molecule has 126 valence electrons. The minimum atomic E-state index is 0.213. The largest absolute Gasteiger partial charge is 0.396 e. The summed E-state index contributed by atoms with van der Waals surface area (Å²) in [5.74, 6) is 1.08. The molecule has 1 fully saturated rings. The Balaban J connectivity index is 1.72. The standard InChI is InChI=1S/C19H29N3O/c1-15(18-21-16-8-4-5-9-17(16)22(18)2)20-14-19(12-13-23)10-6-3-7-11-19/h4-5,8-9,15,20,23H,3,6-7,10-14H2,1-2H3. The first-order chi connectivity index (χ1) is 11.2. The lowest BCUT2D eigenvalue weighted by molar-refractivity contribution is 0.122. The Hall–Kier alpha value is -1.39. The van der Waals surface area contributed by atoms with E-state index in [9.17, 15) is 5.11 Å². The predicted molar refractivity (Wildman–Crippen MR) is 94.4 cm³/mol. The van der Waals surface area contributed by atoms with Gasteiger partial charge < -0.3 is 15.0 Å². The predicted octanol–water partition coefficient (Wildman–Crippen LogP) is 3.56. The molecule has 23 heavy (non-hydrogen) atoms. The molecule has 4 nitrogen and oxygen atoms in total. The quantitative estimate of drug-likeness (QED) is 0.857. The monoisotopic (exact) mass is 315 g/mol. The van der Waals surface area contributed by atoms with Crippen molar-refractivity contribution >= 4 is 11.0 Å². The number of aliphatic hydroxyl groups is 1. The SMILES string of the molecule is CC(NCC1(CCO)CCCCC1)c1nc2ccccc2n1C. The van der Waals surface area contributed by atoms with Crippen molar-refractivity contribution in [3.05, 3.63) is 30.1 Å². The van der Waals surface area contributed by atoms with Crippen LogP contribution in [-0.4, -0.2) is 27.8 Å². The number of para-hydroxylation sites is 2. The molecule has 1 heterocycles. The molecule has 1 aromatic carbocycles. The lowest BCUT2D eigenvalue weighted by atomic mass is 9.72. The van der Waals surface area contributed by atoms with E-state index in [-0.39, 0.29) is 11.5 Å². The molecular formula is C19H29N3O. The number of hydrogen-bond donors (Lipinski definition) is 2. The molecule has 0 radical (unpaired) electrons. The Morgan fingerprint density at radius 1 is 1.26 bits per heavy atom. The summed E-state index contributed by atoms with van der Waals surface area (Å²) >= 11 is 0. The number of nitrogens with zero attached hydrogens (tertiary/aromatic N) is 2. The second-order valence-electron chi connectivity index (χ2n) is 7.15. The first-order valence-electron chi connectivity index (χ1n) is 8.91. The third kappa shape index (κ3) is 3.43. The van der Waals surface area contributed by atoms with Crippen molar-refractivity contribution in [3.8, 4) is 0 Å². The van der Waals surface area contributed by atoms with Crippen LogP contribution in [0.2, 0.25) is 0 Å². The van der Waals surface area contributed by atoms with Crippen molar-refractivity contribution < 1.29 is 5.11 Å². The molecule has 0 bridgehead atoms. The van der Waals surface area contributed by atoms with Gasteiger partial charge in [0.25, 0.3) is 0 Å². The van der Waals surface area contributed by atoms with Gasteiger partial charge in [-0.3, -0.25) is 0 Å². The Morgan fingerprint density at radius 3 is 2.70 bits per heavy atom. The van der Waals surface area contributed by atoms with Crippen LogP contribution in [0.3, 0.4) is 0 Å². The zero-order valence-electron chi connectivity index (χ0n) is 14.4. The van der Waals surface area contributed by atoms with Crippen molar-refractivity contribution in [3.63, 3.8) is 0 Å². The summed E-state index contributed by atoms with van der Waals surface area (Å²) in [5.41, 5.74) is 2.51. The number of aromatic nitrogens is 2. The minimum Gasteiger partial charge on any atom is -0.396 e. The van der Waals surface area contributed by atoms with Gasteiger partial charge in [0, 0.05) is 20.2 Å². The highest BCUT2D eigenvalue weighted by Gasteiger charge is 2.32. The average Bonchev–Trinajstić information content (AvgIpc) is 2.91. The molecule has 1 atom stereocenters. The van der Waals surface area contributed by atoms with Crippen LogP contribution < -0.4 is 5.32 Å². The number of aryl methyl sites for hydroxylation is 1. The van der Waals surface area contributed by atoms with E-state index in [2.05, 4.69) is 42.1 Å². The van der Waals surface area contributed by atoms with E-state index in [1.54, 1.807) is 0 Å². The van der Waals surface area contributed by atoms with Gasteiger partial charge in [-0.05, 0) is 43.7 Å². The molecule has 1 aliphatic carbocycles. The Kier molecular flexibility index (Phi) is 5.02. The number of benzene rings is 1. The van der Waals surface area contributed by atoms with E-state index >= 15 is 0 Å². The highest BCUT2D eigenvalue weighted by Crippen LogP contribution is 2.39. The minimum absolute atomic E-state index is 0.213. The van der Waals surface area contributed by atoms with Crippen LogP contribution in [0.15, 0.2) is 24.3 Å². The summed E-state index contributed by atoms with van der Waals surface area (Å²) in [7, 11) is 2.09. The van der Waals surface area contributed by atoms with Gasteiger partial charge in [-0.2, -0.15) is 0 Å². The fraction of sp³-hybridized carbons (Fsp3) is 0.632. The average molecular weight is 315 g/mol. The Morgan fingerprint density at radius 2 is 2.00 bits per heavy atom. The van der Waals surface area contributed by atoms with Crippen LogP contribution in [0, 0.1) is 5.41 Å². The Labute approximate surface area is 138 Å². The van der Waals surface area contributed by atoms with Crippen LogP contribution in [0.1, 0.15) is 57.3 Å². The van der Waals surface area contributed by atoms with Crippen molar-refractivity contribution in [2.75, 3.05) is 13.2 Å². The second-order valence-corrected chi connectivity index (χ2v) is 7.15. The summed E-state index contributed by atoms with van der Waals surface area (Å²) in [6.45, 7) is 3.46. The summed E-state index contributed by atoms with van der Waals surface area (Å²) in [6.07, 6.45) is 7.30. The lowest BCUT2D eigenvalue weighted by Crippen LogP contribution is -2.38. The topological polar surface area (TPSA) is 50.1 Å². The van der Waals surface area contributed by atoms with Crippen molar-refractivity contribution in [2.24, 2.45) is 12.5 Å². The smallest absolute Gasteiger partial charge is 0.126 e. The van der Waals surface area contributed by atoms with Crippen LogP contribution in [0.5, 0.6) is 0 Å². The van der Waals surface area contributed by atoms with Gasteiger partial charge in [0.05, 0.1) is 17.1 Å². The molecule has 2 aromatic rings. The Bertz CT molecular complexity index is 638. The summed E-state index contributed by atoms with van der Waals surface area (Å²) in [4.78, 5) is 4.80. The van der Waals surface area contributed by atoms with E-state index in [0.29, 0.717) is 6.61 Å². The molecule has 2 N–H and O–H groups in total. The molecule has 1 unspecified atom stereocenters. The molecule has 0 aliphatic heterocycles. The number of hydrogen-bond acceptors (Lipinski definition) is 3. The molecule has 1 saturated carbocycles. The number of aliphatic hydroxyl groups excluding tert-OH is 1. The third-order valence-electron chi connectivity index (χ3n) is 5.55. The number of rotatable bonds is 6. The molecule has 3 rings (SSSR count). The fourth-order valence-electron chi connectivity index (χ4n) is 4.07. The molecular weight excluding hydrogens is 286 g/mol. The van der Waals surface area contributed by atoms with Crippen LogP contribution >= 0.6 is 0 Å². The second kappa shape index (κ2) is 7.02. The fourth-order valence-corrected chi connectivity index (χ4v) is 4.07. The van der Waals surface area contributed by atoms with Gasteiger partial charge in [0.15, 0.2) is 0 Å². The summed E-state index contributed by atoms with van der Waals surface area (Å²) in [5, 5.41) is 13.2. The first kappa shape index (κ1) is 16.5. The van der Waals surface area contributed by atoms with Crippen LogP contribution in [0.4, 0.5) is 0 Å². The first-order valence-corrected chi connectivity index (χ1v) is 8.91. The maximum absolute atomic E-state index is 9.46. The molecule has 1 aliphatic rings. The van der Waals surface area contributed by atoms with Crippen LogP contribution in [0.25, 0.3) is 11.0 Å². The zero-order valence-corrected chi connectivity index (χ0v) is 14.4. The van der Waals surface area contributed by atoms with E-state index in [1.165, 1.54) is 37.6 Å². The number of imidazole rings is 1. The lowest BCUT2D eigenvalue weighted by Gasteiger charge is -2.38. The molecule has 0 spiro atoms. The molecule has 1 aromatic heterocycles. The van der Waals surface area contributed by atoms with Crippen LogP contribution in [-0.2, 0) is 7.05 Å². The van der Waals surface area contributed by atoms with Gasteiger partial charge >= 0.3 is 0 Å².